The highest BCUT2D eigenvalue weighted by Crippen LogP contribution is 2.32. The van der Waals surface area contributed by atoms with Crippen LogP contribution in [0.25, 0.3) is 16.8 Å². The second-order valence-electron chi connectivity index (χ2n) is 8.54. The van der Waals surface area contributed by atoms with Gasteiger partial charge in [0.05, 0.1) is 5.69 Å². The maximum atomic E-state index is 15.3. The number of fused-ring (bicyclic) bond motifs is 1. The van der Waals surface area contributed by atoms with Gasteiger partial charge in [-0.25, -0.2) is 22.9 Å². The van der Waals surface area contributed by atoms with Crippen LogP contribution in [0, 0.1) is 5.82 Å². The lowest BCUT2D eigenvalue weighted by atomic mass is 9.97. The van der Waals surface area contributed by atoms with Gasteiger partial charge in [-0.05, 0) is 35.9 Å². The molecule has 0 saturated heterocycles. The zero-order valence-corrected chi connectivity index (χ0v) is 20.1. The molecular weight excluding hydrogens is 499 g/mol. The third kappa shape index (κ3) is 4.65. The minimum Gasteiger partial charge on any atom is -0.366 e. The van der Waals surface area contributed by atoms with Crippen molar-refractivity contribution < 1.29 is 22.4 Å². The number of hydrogen-bond donors (Lipinski definition) is 3. The van der Waals surface area contributed by atoms with Crippen molar-refractivity contribution in [3.05, 3.63) is 95.6 Å². The first-order valence-electron chi connectivity index (χ1n) is 11.1. The number of hydrogen-bond acceptors (Lipinski definition) is 7. The number of nitrogens with zero attached hydrogens (tertiary/aromatic N) is 3. The zero-order valence-electron chi connectivity index (χ0n) is 19.3. The molecule has 37 heavy (non-hydrogen) atoms. The molecule has 10 nitrogen and oxygen atoms in total. The lowest BCUT2D eigenvalue weighted by Crippen LogP contribution is -2.21. The number of imidazole rings is 1. The number of benzene rings is 2. The molecule has 0 bridgehead atoms. The Balaban J connectivity index is 1.46. The summed E-state index contributed by atoms with van der Waals surface area (Å²) in [6.45, 7) is 0.204. The molecule has 12 heteroatoms. The van der Waals surface area contributed by atoms with Gasteiger partial charge >= 0.3 is 0 Å². The Morgan fingerprint density at radius 1 is 1.16 bits per heavy atom. The highest BCUT2D eigenvalue weighted by Gasteiger charge is 2.29. The summed E-state index contributed by atoms with van der Waals surface area (Å²) < 4.78 is 40.8. The maximum Gasteiger partial charge on any atom is 0.248 e. The van der Waals surface area contributed by atoms with Crippen LogP contribution >= 0.6 is 0 Å². The predicted octanol–water partition coefficient (Wildman–Crippen LogP) is 2.24. The van der Waals surface area contributed by atoms with E-state index in [1.54, 1.807) is 34.9 Å². The van der Waals surface area contributed by atoms with Gasteiger partial charge in [0.15, 0.2) is 5.78 Å². The van der Waals surface area contributed by atoms with E-state index in [2.05, 4.69) is 15.3 Å². The van der Waals surface area contributed by atoms with E-state index >= 15 is 4.39 Å². The molecule has 2 aromatic heterocycles. The van der Waals surface area contributed by atoms with Gasteiger partial charge in [0.1, 0.15) is 22.7 Å². The van der Waals surface area contributed by atoms with Crippen LogP contribution in [0.5, 0.6) is 0 Å². The maximum absolute atomic E-state index is 15.3. The summed E-state index contributed by atoms with van der Waals surface area (Å²) in [6, 6.07) is 11.6. The zero-order chi connectivity index (χ0) is 26.3. The number of nitrogens with two attached hydrogens (primary N) is 2. The van der Waals surface area contributed by atoms with Gasteiger partial charge in [0.25, 0.3) is 0 Å². The topological polar surface area (TPSA) is 163 Å². The van der Waals surface area contributed by atoms with E-state index in [1.807, 2.05) is 0 Å². The molecule has 1 unspecified atom stereocenters. The molecule has 0 saturated carbocycles. The Hall–Kier alpha value is -4.26. The first-order valence-corrected chi connectivity index (χ1v) is 12.7. The van der Waals surface area contributed by atoms with Crippen LogP contribution in [-0.2, 0) is 16.6 Å². The van der Waals surface area contributed by atoms with Crippen LogP contribution in [0.3, 0.4) is 0 Å². The third-order valence-electron chi connectivity index (χ3n) is 6.20. The summed E-state index contributed by atoms with van der Waals surface area (Å²) in [6.07, 6.45) is 3.95. The Morgan fingerprint density at radius 2 is 1.97 bits per heavy atom. The Morgan fingerprint density at radius 3 is 2.70 bits per heavy atom. The number of halogens is 1. The lowest BCUT2D eigenvalue weighted by Gasteiger charge is -2.17. The fourth-order valence-electron chi connectivity index (χ4n) is 4.43. The Labute approximate surface area is 211 Å². The van der Waals surface area contributed by atoms with E-state index in [-0.39, 0.29) is 34.8 Å². The molecule has 188 valence electrons. The molecule has 0 fully saturated rings. The summed E-state index contributed by atoms with van der Waals surface area (Å²) in [5.74, 6) is -1.47. The van der Waals surface area contributed by atoms with Crippen LogP contribution < -0.4 is 16.2 Å². The molecule has 1 amide bonds. The number of Topliss-reactive ketones (excluding diaryl/α,β-unsaturated/α-hetero) is 1. The van der Waals surface area contributed by atoms with Crippen molar-refractivity contribution in [2.75, 3.05) is 0 Å². The molecule has 5 rings (SSSR count). The molecule has 1 aliphatic heterocycles. The van der Waals surface area contributed by atoms with E-state index in [0.29, 0.717) is 28.2 Å². The van der Waals surface area contributed by atoms with E-state index in [9.17, 15) is 18.0 Å². The standard InChI is InChI=1S/C25H21FN6O4S/c26-19-9-14(17-6-7-29-12-23(17)37(28,35)36)4-5-18(19)20-10-22(33)24-21(11-30-20)31-13-32(24)16-3-1-2-15(8-16)25(27)34/h1-9,12-13,20,30H,10-11H2,(H2,27,34)(H2,28,35,36). The minimum atomic E-state index is -4.07. The minimum absolute atomic E-state index is 0.0534. The van der Waals surface area contributed by atoms with Gasteiger partial charge in [-0.1, -0.05) is 18.2 Å². The summed E-state index contributed by atoms with van der Waals surface area (Å²) >= 11 is 0. The monoisotopic (exact) mass is 520 g/mol. The second kappa shape index (κ2) is 9.32. The van der Waals surface area contributed by atoms with Crippen molar-refractivity contribution in [3.8, 4) is 16.8 Å². The quantitative estimate of drug-likeness (QED) is 0.363. The summed E-state index contributed by atoms with van der Waals surface area (Å²) in [5, 5.41) is 8.46. The first-order chi connectivity index (χ1) is 17.6. The van der Waals surface area contributed by atoms with Crippen LogP contribution in [0.2, 0.25) is 0 Å². The highest BCUT2D eigenvalue weighted by atomic mass is 32.2. The van der Waals surface area contributed by atoms with Crippen LogP contribution in [0.1, 0.15) is 44.6 Å². The van der Waals surface area contributed by atoms with E-state index in [0.717, 1.165) is 6.20 Å². The fourth-order valence-corrected chi connectivity index (χ4v) is 5.13. The molecule has 1 aliphatic rings. The molecule has 1 atom stereocenters. The van der Waals surface area contributed by atoms with Gasteiger partial charge in [-0.15, -0.1) is 0 Å². The summed E-state index contributed by atoms with van der Waals surface area (Å²) in [7, 11) is -4.07. The molecule has 0 aliphatic carbocycles. The normalized spacial score (nSPS) is 15.7. The third-order valence-corrected chi connectivity index (χ3v) is 7.14. The number of nitrogens with one attached hydrogen (secondary N) is 1. The molecule has 2 aromatic carbocycles. The first kappa shape index (κ1) is 24.4. The van der Waals surface area contributed by atoms with Gasteiger partial charge in [0, 0.05) is 53.8 Å². The average Bonchev–Trinajstić information content (AvgIpc) is 3.23. The molecule has 5 N–H and O–H groups in total. The van der Waals surface area contributed by atoms with Crippen LogP contribution in [0.4, 0.5) is 4.39 Å². The average molecular weight is 521 g/mol. The number of pyridine rings is 1. The molecule has 0 spiro atoms. The van der Waals surface area contributed by atoms with E-state index in [4.69, 9.17) is 10.9 Å². The molecular formula is C25H21FN6O4S. The number of sulfonamides is 1. The number of amides is 1. The van der Waals surface area contributed by atoms with Crippen molar-refractivity contribution in [2.24, 2.45) is 10.9 Å². The van der Waals surface area contributed by atoms with Crippen LogP contribution in [0.15, 0.2) is 72.1 Å². The van der Waals surface area contributed by atoms with Gasteiger partial charge in [-0.2, -0.15) is 0 Å². The van der Waals surface area contributed by atoms with Crippen molar-refractivity contribution in [3.63, 3.8) is 0 Å². The fraction of sp³-hybridized carbons (Fsp3) is 0.120. The number of carbonyl (C=O) groups is 2. The second-order valence-corrected chi connectivity index (χ2v) is 10.1. The number of primary amides is 1. The predicted molar refractivity (Wildman–Crippen MR) is 132 cm³/mol. The number of primary sulfonamides is 1. The van der Waals surface area contributed by atoms with Gasteiger partial charge < -0.3 is 11.1 Å². The lowest BCUT2D eigenvalue weighted by molar-refractivity contribution is 0.0964. The Kier molecular flexibility index (Phi) is 6.15. The van der Waals surface area contributed by atoms with Crippen molar-refractivity contribution in [1.82, 2.24) is 19.9 Å². The molecule has 0 radical (unpaired) electrons. The van der Waals surface area contributed by atoms with Gasteiger partial charge in [-0.3, -0.25) is 19.1 Å². The summed E-state index contributed by atoms with van der Waals surface area (Å²) in [5.41, 5.74) is 7.82. The number of ketones is 1. The highest BCUT2D eigenvalue weighted by molar-refractivity contribution is 7.89. The SMILES string of the molecule is NC(=O)c1cccc(-n2cnc3c2C(=O)CC(c2ccc(-c4ccncc4S(N)(=O)=O)cc2F)NC3)c1. The van der Waals surface area contributed by atoms with E-state index in [1.165, 1.54) is 30.7 Å². The Bertz CT molecular complexity index is 1670. The smallest absolute Gasteiger partial charge is 0.248 e. The van der Waals surface area contributed by atoms with Crippen molar-refractivity contribution >= 4 is 21.7 Å². The largest absolute Gasteiger partial charge is 0.366 e. The van der Waals surface area contributed by atoms with Gasteiger partial charge in [0.2, 0.25) is 15.9 Å². The number of carbonyl (C=O) groups excluding carboxylic acids is 2. The molecule has 4 aromatic rings. The number of aromatic nitrogens is 3. The van der Waals surface area contributed by atoms with Crippen LogP contribution in [-0.4, -0.2) is 34.6 Å². The molecule has 3 heterocycles. The van der Waals surface area contributed by atoms with E-state index < -0.39 is 27.8 Å². The number of rotatable bonds is 5. The van der Waals surface area contributed by atoms with Crippen molar-refractivity contribution in [2.45, 2.75) is 23.9 Å². The van der Waals surface area contributed by atoms with Crippen molar-refractivity contribution in [1.29, 1.82) is 0 Å². The summed E-state index contributed by atoms with van der Waals surface area (Å²) in [4.78, 5) is 32.8.